The standard InChI is InChI=1S/C16H22ClN5O4/c17-14-13(7-19-21-15(14)24)22-6-5-12(8-22)26-16(25)20-11-3-1-10(2-4-11)18-9-23/h7,9-12H,1-6,8H2,(H,18,23)(H,20,25)(H,21,24)/t10?,11?,12-/m1/s1. The van der Waals surface area contributed by atoms with Crippen molar-refractivity contribution >= 4 is 29.8 Å². The molecule has 3 N–H and O–H groups in total. The van der Waals surface area contributed by atoms with E-state index in [0.29, 0.717) is 25.2 Å². The molecule has 1 aliphatic heterocycles. The van der Waals surface area contributed by atoms with Gasteiger partial charge in [0.05, 0.1) is 18.4 Å². The second-order valence-electron chi connectivity index (χ2n) is 6.64. The molecule has 1 aromatic heterocycles. The summed E-state index contributed by atoms with van der Waals surface area (Å²) in [7, 11) is 0. The van der Waals surface area contributed by atoms with Gasteiger partial charge in [0, 0.05) is 25.0 Å². The lowest BCUT2D eigenvalue weighted by atomic mass is 9.91. The zero-order valence-corrected chi connectivity index (χ0v) is 15.0. The number of H-pyrrole nitrogens is 1. The van der Waals surface area contributed by atoms with Crippen LogP contribution < -0.4 is 21.1 Å². The van der Waals surface area contributed by atoms with E-state index < -0.39 is 11.7 Å². The van der Waals surface area contributed by atoms with Crippen LogP contribution in [0.2, 0.25) is 5.02 Å². The molecule has 0 unspecified atom stereocenters. The summed E-state index contributed by atoms with van der Waals surface area (Å²) in [6.07, 6.45) is 5.49. The van der Waals surface area contributed by atoms with E-state index in [0.717, 1.165) is 32.1 Å². The Balaban J connectivity index is 1.45. The summed E-state index contributed by atoms with van der Waals surface area (Å²) in [4.78, 5) is 36.0. The van der Waals surface area contributed by atoms with Gasteiger partial charge in [-0.1, -0.05) is 11.6 Å². The molecule has 26 heavy (non-hydrogen) atoms. The summed E-state index contributed by atoms with van der Waals surface area (Å²) in [5, 5.41) is 11.8. The van der Waals surface area contributed by atoms with E-state index in [4.69, 9.17) is 16.3 Å². The Kier molecular flexibility index (Phi) is 5.97. The number of hydrogen-bond donors (Lipinski definition) is 3. The number of amides is 2. The van der Waals surface area contributed by atoms with Gasteiger partial charge in [-0.3, -0.25) is 9.59 Å². The summed E-state index contributed by atoms with van der Waals surface area (Å²) in [6, 6.07) is 0.258. The highest BCUT2D eigenvalue weighted by Crippen LogP contribution is 2.26. The Morgan fingerprint density at radius 2 is 2.04 bits per heavy atom. The van der Waals surface area contributed by atoms with Gasteiger partial charge in [-0.15, -0.1) is 0 Å². The second kappa shape index (κ2) is 8.39. The minimum absolute atomic E-state index is 0.0658. The number of nitrogens with zero attached hydrogens (tertiary/aromatic N) is 2. The number of aromatic nitrogens is 2. The first-order valence-electron chi connectivity index (χ1n) is 8.71. The highest BCUT2D eigenvalue weighted by Gasteiger charge is 2.29. The number of carbonyl (C=O) groups excluding carboxylic acids is 2. The van der Waals surface area contributed by atoms with Crippen LogP contribution >= 0.6 is 11.6 Å². The van der Waals surface area contributed by atoms with Gasteiger partial charge in [-0.05, 0) is 25.7 Å². The molecule has 2 amide bonds. The molecule has 1 aliphatic carbocycles. The predicted molar refractivity (Wildman–Crippen MR) is 95.3 cm³/mol. The SMILES string of the molecule is O=CNC1CCC(NC(=O)O[C@@H]2CCN(c3cn[nH]c(=O)c3Cl)C2)CC1. The normalized spacial score (nSPS) is 25.6. The fraction of sp³-hybridized carbons (Fsp3) is 0.625. The summed E-state index contributed by atoms with van der Waals surface area (Å²) in [5.41, 5.74) is 0.105. The monoisotopic (exact) mass is 383 g/mol. The van der Waals surface area contributed by atoms with Crippen LogP contribution in [0, 0.1) is 0 Å². The number of alkyl carbamates (subject to hydrolysis) is 1. The number of ether oxygens (including phenoxy) is 1. The van der Waals surface area contributed by atoms with Gasteiger partial charge in [0.15, 0.2) is 0 Å². The average molecular weight is 384 g/mol. The zero-order chi connectivity index (χ0) is 18.5. The second-order valence-corrected chi connectivity index (χ2v) is 7.02. The summed E-state index contributed by atoms with van der Waals surface area (Å²) in [6.45, 7) is 1.10. The maximum atomic E-state index is 12.1. The topological polar surface area (TPSA) is 116 Å². The van der Waals surface area contributed by atoms with Crippen molar-refractivity contribution in [2.24, 2.45) is 0 Å². The lowest BCUT2D eigenvalue weighted by Gasteiger charge is -2.28. The van der Waals surface area contributed by atoms with Crippen molar-refractivity contribution in [3.63, 3.8) is 0 Å². The first-order chi connectivity index (χ1) is 12.6. The lowest BCUT2D eigenvalue weighted by Crippen LogP contribution is -2.43. The number of aromatic amines is 1. The van der Waals surface area contributed by atoms with E-state index in [1.165, 1.54) is 6.20 Å². The molecule has 0 radical (unpaired) electrons. The summed E-state index contributed by atoms with van der Waals surface area (Å²) >= 11 is 6.02. The van der Waals surface area contributed by atoms with Crippen molar-refractivity contribution in [1.82, 2.24) is 20.8 Å². The number of nitrogens with one attached hydrogen (secondary N) is 3. The van der Waals surface area contributed by atoms with Crippen molar-refractivity contribution in [1.29, 1.82) is 0 Å². The molecule has 9 nitrogen and oxygen atoms in total. The molecule has 2 aliphatic rings. The highest BCUT2D eigenvalue weighted by atomic mass is 35.5. The van der Waals surface area contributed by atoms with Gasteiger partial charge >= 0.3 is 6.09 Å². The van der Waals surface area contributed by atoms with Crippen LogP contribution in [0.3, 0.4) is 0 Å². The maximum Gasteiger partial charge on any atom is 0.407 e. The minimum Gasteiger partial charge on any atom is -0.444 e. The van der Waals surface area contributed by atoms with Crippen LogP contribution in [0.5, 0.6) is 0 Å². The molecule has 0 spiro atoms. The summed E-state index contributed by atoms with van der Waals surface area (Å²) in [5.74, 6) is 0. The lowest BCUT2D eigenvalue weighted by molar-refractivity contribution is -0.110. The zero-order valence-electron chi connectivity index (χ0n) is 14.2. The van der Waals surface area contributed by atoms with E-state index in [-0.39, 0.29) is 23.2 Å². The van der Waals surface area contributed by atoms with E-state index in [1.54, 1.807) is 0 Å². The van der Waals surface area contributed by atoms with Gasteiger partial charge in [0.2, 0.25) is 6.41 Å². The molecule has 3 rings (SSSR count). The molecule has 0 aromatic carbocycles. The van der Waals surface area contributed by atoms with Crippen molar-refractivity contribution in [3.8, 4) is 0 Å². The third-order valence-corrected chi connectivity index (χ3v) is 5.25. The van der Waals surface area contributed by atoms with Gasteiger partial charge in [-0.2, -0.15) is 5.10 Å². The number of rotatable bonds is 5. The molecular weight excluding hydrogens is 362 g/mol. The predicted octanol–water partition coefficient (Wildman–Crippen LogP) is 0.785. The van der Waals surface area contributed by atoms with E-state index in [2.05, 4.69) is 20.8 Å². The molecule has 1 atom stereocenters. The van der Waals surface area contributed by atoms with Crippen LogP contribution in [0.1, 0.15) is 32.1 Å². The molecular formula is C16H22ClN5O4. The summed E-state index contributed by atoms with van der Waals surface area (Å²) < 4.78 is 5.50. The molecule has 0 bridgehead atoms. The first-order valence-corrected chi connectivity index (χ1v) is 9.09. The van der Waals surface area contributed by atoms with Gasteiger partial charge < -0.3 is 20.3 Å². The van der Waals surface area contributed by atoms with Crippen LogP contribution in [-0.2, 0) is 9.53 Å². The number of anilines is 1. The molecule has 142 valence electrons. The quantitative estimate of drug-likeness (QED) is 0.647. The first kappa shape index (κ1) is 18.5. The Hall–Kier alpha value is -2.29. The van der Waals surface area contributed by atoms with Gasteiger partial charge in [-0.25, -0.2) is 9.89 Å². The smallest absolute Gasteiger partial charge is 0.407 e. The Morgan fingerprint density at radius 3 is 2.77 bits per heavy atom. The minimum atomic E-state index is -0.439. The van der Waals surface area contributed by atoms with E-state index in [9.17, 15) is 14.4 Å². The largest absolute Gasteiger partial charge is 0.444 e. The van der Waals surface area contributed by atoms with Crippen molar-refractivity contribution in [2.75, 3.05) is 18.0 Å². The fourth-order valence-corrected chi connectivity index (χ4v) is 3.70. The van der Waals surface area contributed by atoms with Gasteiger partial charge in [0.25, 0.3) is 5.56 Å². The van der Waals surface area contributed by atoms with Crippen molar-refractivity contribution in [2.45, 2.75) is 50.3 Å². The van der Waals surface area contributed by atoms with Crippen molar-refractivity contribution in [3.05, 3.63) is 21.6 Å². The van der Waals surface area contributed by atoms with Crippen LogP contribution in [0.4, 0.5) is 10.5 Å². The number of carbonyl (C=O) groups is 2. The Bertz CT molecular complexity index is 704. The van der Waals surface area contributed by atoms with E-state index >= 15 is 0 Å². The molecule has 1 aromatic rings. The van der Waals surface area contributed by atoms with Gasteiger partial charge in [0.1, 0.15) is 11.1 Å². The molecule has 1 saturated carbocycles. The van der Waals surface area contributed by atoms with Crippen LogP contribution in [0.15, 0.2) is 11.0 Å². The Labute approximate surface area is 155 Å². The number of halogens is 1. The molecule has 10 heteroatoms. The van der Waals surface area contributed by atoms with E-state index in [1.807, 2.05) is 4.90 Å². The fourth-order valence-electron chi connectivity index (χ4n) is 3.49. The molecule has 1 saturated heterocycles. The Morgan fingerprint density at radius 1 is 1.31 bits per heavy atom. The molecule has 2 heterocycles. The maximum absolute atomic E-state index is 12.1. The van der Waals surface area contributed by atoms with Crippen LogP contribution in [-0.4, -0.2) is 54.0 Å². The van der Waals surface area contributed by atoms with Crippen molar-refractivity contribution < 1.29 is 14.3 Å². The molecule has 2 fully saturated rings. The third-order valence-electron chi connectivity index (χ3n) is 4.89. The highest BCUT2D eigenvalue weighted by molar-refractivity contribution is 6.33. The average Bonchev–Trinajstić information content (AvgIpc) is 3.07. The van der Waals surface area contributed by atoms with Crippen LogP contribution in [0.25, 0.3) is 0 Å². The third kappa shape index (κ3) is 4.46. The number of hydrogen-bond acceptors (Lipinski definition) is 6.